The minimum atomic E-state index is -0.384. The average molecular weight is 497 g/mol. The fraction of sp³-hybridized carbons (Fsp3) is 0.333. The van der Waals surface area contributed by atoms with Crippen molar-refractivity contribution in [1.82, 2.24) is 4.90 Å². The Hall–Kier alpha value is -2.67. The van der Waals surface area contributed by atoms with Crippen LogP contribution in [0.25, 0.3) is 0 Å². The first-order chi connectivity index (χ1) is 16.1. The second kappa shape index (κ2) is 10.7. The molecule has 1 amide bonds. The molecule has 0 bridgehead atoms. The van der Waals surface area contributed by atoms with Gasteiger partial charge in [-0.3, -0.25) is 9.69 Å². The summed E-state index contributed by atoms with van der Waals surface area (Å²) < 4.78 is 5.09. The maximum Gasteiger partial charge on any atom is 0.341 e. The third kappa shape index (κ3) is 5.04. The van der Waals surface area contributed by atoms with Crippen molar-refractivity contribution in [2.75, 3.05) is 19.0 Å². The van der Waals surface area contributed by atoms with E-state index < -0.39 is 0 Å². The molecule has 3 aromatic rings. The molecule has 5 nitrogen and oxygen atoms in total. The van der Waals surface area contributed by atoms with Crippen molar-refractivity contribution in [3.05, 3.63) is 86.8 Å². The predicted molar refractivity (Wildman–Crippen MR) is 138 cm³/mol. The van der Waals surface area contributed by atoms with Crippen LogP contribution >= 0.6 is 23.7 Å². The molecule has 34 heavy (non-hydrogen) atoms. The van der Waals surface area contributed by atoms with Crippen molar-refractivity contribution in [2.45, 2.75) is 45.2 Å². The van der Waals surface area contributed by atoms with Gasteiger partial charge in [-0.25, -0.2) is 4.79 Å². The quantitative estimate of drug-likeness (QED) is 0.464. The summed E-state index contributed by atoms with van der Waals surface area (Å²) in [6.07, 6.45) is 5.25. The van der Waals surface area contributed by atoms with Crippen LogP contribution in [0.3, 0.4) is 0 Å². The molecule has 5 rings (SSSR count). The van der Waals surface area contributed by atoms with Gasteiger partial charge in [0.05, 0.1) is 12.7 Å². The van der Waals surface area contributed by atoms with E-state index in [4.69, 9.17) is 4.74 Å². The van der Waals surface area contributed by atoms with Gasteiger partial charge in [-0.15, -0.1) is 23.7 Å². The first-order valence-electron chi connectivity index (χ1n) is 11.5. The molecule has 0 saturated heterocycles. The number of fused-ring (bicyclic) bond motifs is 2. The second-order valence-corrected chi connectivity index (χ2v) is 9.90. The topological polar surface area (TPSA) is 58.6 Å². The van der Waals surface area contributed by atoms with Gasteiger partial charge < -0.3 is 10.1 Å². The van der Waals surface area contributed by atoms with E-state index in [2.05, 4.69) is 40.5 Å². The number of thiophene rings is 1. The largest absolute Gasteiger partial charge is 0.465 e. The van der Waals surface area contributed by atoms with Gasteiger partial charge in [0, 0.05) is 30.1 Å². The summed E-state index contributed by atoms with van der Waals surface area (Å²) >= 11 is 1.50. The lowest BCUT2D eigenvalue weighted by Gasteiger charge is -2.27. The van der Waals surface area contributed by atoms with E-state index in [1.807, 2.05) is 18.2 Å². The molecule has 0 saturated carbocycles. The highest BCUT2D eigenvalue weighted by Crippen LogP contribution is 2.38. The number of rotatable bonds is 5. The number of benzene rings is 2. The molecule has 0 unspecified atom stereocenters. The van der Waals surface area contributed by atoms with Gasteiger partial charge in [-0.1, -0.05) is 36.4 Å². The Morgan fingerprint density at radius 1 is 1.03 bits per heavy atom. The van der Waals surface area contributed by atoms with E-state index in [0.29, 0.717) is 16.1 Å². The number of ether oxygens (including phenoxy) is 1. The molecule has 2 heterocycles. The Balaban J connectivity index is 0.00000274. The summed E-state index contributed by atoms with van der Waals surface area (Å²) in [5.41, 5.74) is 6.05. The van der Waals surface area contributed by atoms with E-state index in [1.165, 1.54) is 48.0 Å². The molecule has 1 N–H and O–H groups in total. The highest BCUT2D eigenvalue weighted by atomic mass is 35.5. The molecule has 2 aliphatic rings. The lowest BCUT2D eigenvalue weighted by molar-refractivity contribution is 0.0600. The summed E-state index contributed by atoms with van der Waals surface area (Å²) in [5.74, 6) is -0.557. The minimum absolute atomic E-state index is 0. The van der Waals surface area contributed by atoms with Crippen LogP contribution in [0.2, 0.25) is 0 Å². The number of methoxy groups -OCH3 is 1. The van der Waals surface area contributed by atoms with Gasteiger partial charge in [-0.2, -0.15) is 0 Å². The van der Waals surface area contributed by atoms with Crippen molar-refractivity contribution < 1.29 is 14.3 Å². The van der Waals surface area contributed by atoms with Crippen LogP contribution in [-0.4, -0.2) is 30.4 Å². The molecule has 1 aromatic heterocycles. The molecule has 0 radical (unpaired) electrons. The molecule has 0 fully saturated rings. The van der Waals surface area contributed by atoms with Gasteiger partial charge in [0.15, 0.2) is 0 Å². The molecule has 7 heteroatoms. The number of anilines is 1. The maximum atomic E-state index is 13.1. The van der Waals surface area contributed by atoms with Crippen LogP contribution in [-0.2, 0) is 37.1 Å². The first kappa shape index (κ1) is 24.5. The molecular formula is C27H29ClN2O3S. The molecule has 0 atom stereocenters. The Labute approximate surface area is 210 Å². The normalized spacial score (nSPS) is 15.0. The Morgan fingerprint density at radius 3 is 2.56 bits per heavy atom. The summed E-state index contributed by atoms with van der Waals surface area (Å²) in [4.78, 5) is 29.3. The number of nitrogens with one attached hydrogen (secondary N) is 1. The number of carbonyl (C=O) groups excluding carboxylic acids is 2. The van der Waals surface area contributed by atoms with Gasteiger partial charge in [0.25, 0.3) is 5.91 Å². The van der Waals surface area contributed by atoms with Crippen molar-refractivity contribution in [3.63, 3.8) is 0 Å². The van der Waals surface area contributed by atoms with E-state index in [-0.39, 0.29) is 24.3 Å². The Morgan fingerprint density at radius 2 is 1.79 bits per heavy atom. The van der Waals surface area contributed by atoms with Gasteiger partial charge in [0.2, 0.25) is 0 Å². The predicted octanol–water partition coefficient (Wildman–Crippen LogP) is 5.65. The number of hydrogen-bond donors (Lipinski definition) is 1. The van der Waals surface area contributed by atoms with E-state index in [1.54, 1.807) is 0 Å². The van der Waals surface area contributed by atoms with Crippen LogP contribution < -0.4 is 5.32 Å². The second-order valence-electron chi connectivity index (χ2n) is 8.79. The fourth-order valence-electron chi connectivity index (χ4n) is 4.89. The van der Waals surface area contributed by atoms with Crippen molar-refractivity contribution in [1.29, 1.82) is 0 Å². The standard InChI is InChI=1S/C27H28N2O3S.ClH/c1-32-27(31)24-22-13-14-29(16-18-7-3-2-4-8-18)17-23(22)33-26(24)28-25(30)21-12-11-19-9-5-6-10-20(19)15-21;/h2-4,7-8,11-12,15H,5-6,9-10,13-14,16-17H2,1H3,(H,28,30);1H. The minimum Gasteiger partial charge on any atom is -0.465 e. The Bertz CT molecular complexity index is 1190. The lowest BCUT2D eigenvalue weighted by Crippen LogP contribution is -2.29. The van der Waals surface area contributed by atoms with Crippen LogP contribution in [0.1, 0.15) is 60.7 Å². The smallest absolute Gasteiger partial charge is 0.341 e. The lowest BCUT2D eigenvalue weighted by atomic mass is 9.90. The molecule has 1 aliphatic heterocycles. The van der Waals surface area contributed by atoms with Crippen LogP contribution in [0.15, 0.2) is 48.5 Å². The number of amides is 1. The SMILES string of the molecule is COC(=O)c1c(NC(=O)c2ccc3c(c2)CCCC3)sc2c1CCN(Cc1ccccc1)C2.Cl. The molecule has 178 valence electrons. The highest BCUT2D eigenvalue weighted by molar-refractivity contribution is 7.17. The van der Waals surface area contributed by atoms with Crippen molar-refractivity contribution >= 4 is 40.6 Å². The third-order valence-electron chi connectivity index (χ3n) is 6.61. The monoisotopic (exact) mass is 496 g/mol. The number of hydrogen-bond acceptors (Lipinski definition) is 5. The van der Waals surface area contributed by atoms with Crippen LogP contribution in [0.5, 0.6) is 0 Å². The van der Waals surface area contributed by atoms with Gasteiger partial charge in [-0.05, 0) is 66.5 Å². The van der Waals surface area contributed by atoms with Crippen molar-refractivity contribution in [3.8, 4) is 0 Å². The third-order valence-corrected chi connectivity index (χ3v) is 7.74. The Kier molecular flexibility index (Phi) is 7.71. The number of esters is 1. The zero-order chi connectivity index (χ0) is 22.8. The van der Waals surface area contributed by atoms with E-state index in [9.17, 15) is 9.59 Å². The number of carbonyl (C=O) groups is 2. The molecule has 2 aromatic carbocycles. The van der Waals surface area contributed by atoms with Crippen LogP contribution in [0, 0.1) is 0 Å². The zero-order valence-electron chi connectivity index (χ0n) is 19.3. The fourth-order valence-corrected chi connectivity index (χ4v) is 6.16. The first-order valence-corrected chi connectivity index (χ1v) is 12.4. The van der Waals surface area contributed by atoms with Crippen LogP contribution in [0.4, 0.5) is 5.00 Å². The summed E-state index contributed by atoms with van der Waals surface area (Å²) in [6, 6.07) is 16.4. The number of halogens is 1. The summed E-state index contributed by atoms with van der Waals surface area (Å²) in [6.45, 7) is 2.48. The highest BCUT2D eigenvalue weighted by Gasteiger charge is 2.29. The number of nitrogens with zero attached hydrogens (tertiary/aromatic N) is 1. The average Bonchev–Trinajstić information content (AvgIpc) is 3.20. The zero-order valence-corrected chi connectivity index (χ0v) is 20.9. The van der Waals surface area contributed by atoms with Gasteiger partial charge in [0.1, 0.15) is 5.00 Å². The van der Waals surface area contributed by atoms with E-state index in [0.717, 1.165) is 49.3 Å². The molecular weight excluding hydrogens is 468 g/mol. The molecule has 0 spiro atoms. The summed E-state index contributed by atoms with van der Waals surface area (Å²) in [5, 5.41) is 3.62. The summed E-state index contributed by atoms with van der Waals surface area (Å²) in [7, 11) is 1.39. The van der Waals surface area contributed by atoms with Crippen molar-refractivity contribution in [2.24, 2.45) is 0 Å². The van der Waals surface area contributed by atoms with Gasteiger partial charge >= 0.3 is 5.97 Å². The maximum absolute atomic E-state index is 13.1. The molecule has 1 aliphatic carbocycles. The number of aryl methyl sites for hydroxylation is 2. The van der Waals surface area contributed by atoms with E-state index >= 15 is 0 Å².